The molecule has 104 valence electrons. The molecule has 0 unspecified atom stereocenters. The zero-order valence-electron chi connectivity index (χ0n) is 11.2. The Labute approximate surface area is 125 Å². The summed E-state index contributed by atoms with van der Waals surface area (Å²) in [5, 5.41) is 2.86. The van der Waals surface area contributed by atoms with E-state index in [1.54, 1.807) is 12.1 Å². The third-order valence-corrected chi connectivity index (χ3v) is 3.45. The average molecular weight is 335 g/mol. The molecule has 1 amide bonds. The number of aryl methyl sites for hydroxylation is 2. The van der Waals surface area contributed by atoms with Crippen molar-refractivity contribution in [2.45, 2.75) is 13.8 Å². The molecule has 0 spiro atoms. The first-order valence-electron chi connectivity index (χ1n) is 6.02. The van der Waals surface area contributed by atoms with Crippen LogP contribution in [0.25, 0.3) is 0 Å². The van der Waals surface area contributed by atoms with Crippen LogP contribution in [0.15, 0.2) is 34.9 Å². The number of aromatic nitrogens is 1. The lowest BCUT2D eigenvalue weighted by atomic mass is 10.1. The van der Waals surface area contributed by atoms with Gasteiger partial charge >= 0.3 is 0 Å². The van der Waals surface area contributed by atoms with E-state index in [0.29, 0.717) is 11.4 Å². The number of amides is 1. The fourth-order valence-corrected chi connectivity index (χ4v) is 2.67. The van der Waals surface area contributed by atoms with Gasteiger partial charge in [-0.15, -0.1) is 0 Å². The van der Waals surface area contributed by atoms with Crippen molar-refractivity contribution in [1.82, 2.24) is 4.98 Å². The number of hydrazine groups is 1. The van der Waals surface area contributed by atoms with E-state index in [1.807, 2.05) is 26.0 Å². The van der Waals surface area contributed by atoms with Gasteiger partial charge in [-0.25, -0.2) is 0 Å². The molecule has 0 atom stereocenters. The van der Waals surface area contributed by atoms with Gasteiger partial charge in [-0.1, -0.05) is 6.07 Å². The Morgan fingerprint density at radius 3 is 2.70 bits per heavy atom. The topological polar surface area (TPSA) is 80.0 Å². The average Bonchev–Trinajstić information content (AvgIpc) is 2.42. The standard InChI is InChI=1S/C14H15BrN4O/c1-8-5-9(2)13(11(15)6-8)18-14(20)12-7-10(19-16)3-4-17-12/h3-7H,16H2,1-2H3,(H,17,19)(H,18,20). The Kier molecular flexibility index (Phi) is 4.36. The van der Waals surface area contributed by atoms with Crippen molar-refractivity contribution in [1.29, 1.82) is 0 Å². The molecule has 0 aliphatic carbocycles. The van der Waals surface area contributed by atoms with Gasteiger partial charge in [-0.3, -0.25) is 15.6 Å². The number of carbonyl (C=O) groups excluding carboxylic acids is 1. The predicted molar refractivity (Wildman–Crippen MR) is 83.6 cm³/mol. The smallest absolute Gasteiger partial charge is 0.274 e. The van der Waals surface area contributed by atoms with Crippen LogP contribution in [0.2, 0.25) is 0 Å². The highest BCUT2D eigenvalue weighted by atomic mass is 79.9. The van der Waals surface area contributed by atoms with Crippen LogP contribution in [0.5, 0.6) is 0 Å². The molecule has 1 aromatic heterocycles. The normalized spacial score (nSPS) is 10.2. The number of nitrogens with one attached hydrogen (secondary N) is 2. The molecule has 1 heterocycles. The van der Waals surface area contributed by atoms with Gasteiger partial charge in [0.1, 0.15) is 5.69 Å². The van der Waals surface area contributed by atoms with Crippen molar-refractivity contribution in [3.63, 3.8) is 0 Å². The van der Waals surface area contributed by atoms with Crippen LogP contribution in [0.3, 0.4) is 0 Å². The number of nitrogens with two attached hydrogens (primary N) is 1. The van der Waals surface area contributed by atoms with E-state index < -0.39 is 0 Å². The fourth-order valence-electron chi connectivity index (χ4n) is 1.90. The third kappa shape index (κ3) is 3.15. The number of rotatable bonds is 3. The summed E-state index contributed by atoms with van der Waals surface area (Å²) >= 11 is 3.46. The zero-order chi connectivity index (χ0) is 14.7. The summed E-state index contributed by atoms with van der Waals surface area (Å²) in [6.45, 7) is 3.94. The largest absolute Gasteiger partial charge is 0.324 e. The summed E-state index contributed by atoms with van der Waals surface area (Å²) in [7, 11) is 0. The molecule has 5 nitrogen and oxygen atoms in total. The first-order valence-corrected chi connectivity index (χ1v) is 6.81. The molecule has 2 aromatic rings. The zero-order valence-corrected chi connectivity index (χ0v) is 12.8. The molecule has 0 aliphatic heterocycles. The van der Waals surface area contributed by atoms with Gasteiger partial charge in [-0.2, -0.15) is 0 Å². The Morgan fingerprint density at radius 2 is 2.05 bits per heavy atom. The quantitative estimate of drug-likeness (QED) is 0.595. The van der Waals surface area contributed by atoms with Crippen LogP contribution < -0.4 is 16.6 Å². The molecule has 0 saturated heterocycles. The molecule has 0 fully saturated rings. The van der Waals surface area contributed by atoms with Crippen LogP contribution in [0.4, 0.5) is 11.4 Å². The van der Waals surface area contributed by atoms with Gasteiger partial charge in [0.25, 0.3) is 5.91 Å². The summed E-state index contributed by atoms with van der Waals surface area (Å²) in [4.78, 5) is 16.2. The summed E-state index contributed by atoms with van der Waals surface area (Å²) < 4.78 is 0.844. The highest BCUT2D eigenvalue weighted by Gasteiger charge is 2.12. The summed E-state index contributed by atoms with van der Waals surface area (Å²) in [5.74, 6) is 5.04. The second kappa shape index (κ2) is 6.02. The maximum Gasteiger partial charge on any atom is 0.274 e. The number of hydrogen-bond donors (Lipinski definition) is 3. The van der Waals surface area contributed by atoms with Gasteiger partial charge in [0.2, 0.25) is 0 Å². The molecule has 1 aromatic carbocycles. The Hall–Kier alpha value is -1.92. The van der Waals surface area contributed by atoms with E-state index in [9.17, 15) is 4.79 Å². The number of carbonyl (C=O) groups is 1. The number of pyridine rings is 1. The number of nitrogen functional groups attached to an aromatic ring is 1. The summed E-state index contributed by atoms with van der Waals surface area (Å²) in [6, 6.07) is 7.23. The second-order valence-corrected chi connectivity index (χ2v) is 5.32. The number of hydrogen-bond acceptors (Lipinski definition) is 4. The monoisotopic (exact) mass is 334 g/mol. The van der Waals surface area contributed by atoms with Crippen molar-refractivity contribution in [3.8, 4) is 0 Å². The second-order valence-electron chi connectivity index (χ2n) is 4.47. The van der Waals surface area contributed by atoms with Crippen LogP contribution in [-0.2, 0) is 0 Å². The third-order valence-electron chi connectivity index (χ3n) is 2.83. The van der Waals surface area contributed by atoms with E-state index in [4.69, 9.17) is 5.84 Å². The lowest BCUT2D eigenvalue weighted by Crippen LogP contribution is -2.16. The van der Waals surface area contributed by atoms with Gasteiger partial charge < -0.3 is 10.7 Å². The van der Waals surface area contributed by atoms with Crippen LogP contribution in [0.1, 0.15) is 21.6 Å². The molecule has 0 radical (unpaired) electrons. The van der Waals surface area contributed by atoms with Crippen molar-refractivity contribution in [3.05, 3.63) is 51.8 Å². The molecule has 20 heavy (non-hydrogen) atoms. The van der Waals surface area contributed by atoms with Gasteiger partial charge in [-0.05, 0) is 59.1 Å². The van der Waals surface area contributed by atoms with E-state index in [0.717, 1.165) is 21.3 Å². The molecule has 0 aliphatic rings. The maximum absolute atomic E-state index is 12.2. The highest BCUT2D eigenvalue weighted by molar-refractivity contribution is 9.10. The first-order chi connectivity index (χ1) is 9.51. The maximum atomic E-state index is 12.2. The minimum Gasteiger partial charge on any atom is -0.324 e. The molecule has 0 bridgehead atoms. The number of halogens is 1. The van der Waals surface area contributed by atoms with Crippen LogP contribution in [0, 0.1) is 13.8 Å². The minimum absolute atomic E-state index is 0.283. The lowest BCUT2D eigenvalue weighted by molar-refractivity contribution is 0.102. The fraction of sp³-hybridized carbons (Fsp3) is 0.143. The number of anilines is 2. The number of benzene rings is 1. The number of nitrogens with zero attached hydrogens (tertiary/aromatic N) is 1. The van der Waals surface area contributed by atoms with Gasteiger partial charge in [0.05, 0.1) is 11.4 Å². The predicted octanol–water partition coefficient (Wildman–Crippen LogP) is 3.00. The van der Waals surface area contributed by atoms with Crippen molar-refractivity contribution in [2.24, 2.45) is 5.84 Å². The molecule has 6 heteroatoms. The van der Waals surface area contributed by atoms with Crippen molar-refractivity contribution in [2.75, 3.05) is 10.7 Å². The molecular weight excluding hydrogens is 320 g/mol. The summed E-state index contributed by atoms with van der Waals surface area (Å²) in [5.41, 5.74) is 6.27. The van der Waals surface area contributed by atoms with E-state index in [2.05, 4.69) is 31.7 Å². The summed E-state index contributed by atoms with van der Waals surface area (Å²) in [6.07, 6.45) is 1.53. The molecule has 4 N–H and O–H groups in total. The Morgan fingerprint density at radius 1 is 1.30 bits per heavy atom. The minimum atomic E-state index is -0.283. The highest BCUT2D eigenvalue weighted by Crippen LogP contribution is 2.28. The van der Waals surface area contributed by atoms with Crippen molar-refractivity contribution >= 4 is 33.2 Å². The van der Waals surface area contributed by atoms with E-state index in [1.165, 1.54) is 6.20 Å². The van der Waals surface area contributed by atoms with Crippen LogP contribution >= 0.6 is 15.9 Å². The molecule has 2 rings (SSSR count). The van der Waals surface area contributed by atoms with Gasteiger partial charge in [0, 0.05) is 10.7 Å². The van der Waals surface area contributed by atoms with Crippen molar-refractivity contribution < 1.29 is 4.79 Å². The lowest BCUT2D eigenvalue weighted by Gasteiger charge is -2.12. The Balaban J connectivity index is 2.28. The van der Waals surface area contributed by atoms with Crippen LogP contribution in [-0.4, -0.2) is 10.9 Å². The van der Waals surface area contributed by atoms with E-state index in [-0.39, 0.29) is 5.91 Å². The van der Waals surface area contributed by atoms with E-state index >= 15 is 0 Å². The molecular formula is C14H15BrN4O. The first kappa shape index (κ1) is 14.5. The Bertz CT molecular complexity index is 634. The SMILES string of the molecule is Cc1cc(C)c(NC(=O)c2cc(NN)ccn2)c(Br)c1. The molecule has 0 saturated carbocycles. The van der Waals surface area contributed by atoms with Gasteiger partial charge in [0.15, 0.2) is 0 Å².